The van der Waals surface area contributed by atoms with Crippen LogP contribution in [0.1, 0.15) is 24.0 Å². The van der Waals surface area contributed by atoms with Crippen LogP contribution in [0.25, 0.3) is 0 Å². The molecule has 2 aromatic rings. The third kappa shape index (κ3) is 3.69. The summed E-state index contributed by atoms with van der Waals surface area (Å²) in [5.74, 6) is -13.8. The Hall–Kier alpha value is -3.30. The summed E-state index contributed by atoms with van der Waals surface area (Å²) in [5.41, 5.74) is 0.773. The van der Waals surface area contributed by atoms with Crippen LogP contribution in [0.4, 0.5) is 22.0 Å². The Bertz CT molecular complexity index is 982. The minimum atomic E-state index is -2.30. The van der Waals surface area contributed by atoms with Crippen LogP contribution in [0.2, 0.25) is 0 Å². The minimum absolute atomic E-state index is 0.196. The van der Waals surface area contributed by atoms with Gasteiger partial charge in [-0.05, 0) is 12.5 Å². The Balaban J connectivity index is 1.86. The van der Waals surface area contributed by atoms with Gasteiger partial charge in [0.15, 0.2) is 23.3 Å². The molecule has 5 nitrogen and oxygen atoms in total. The summed E-state index contributed by atoms with van der Waals surface area (Å²) < 4.78 is 67.5. The molecule has 1 aliphatic heterocycles. The highest BCUT2D eigenvalue weighted by atomic mass is 19.2. The van der Waals surface area contributed by atoms with Crippen molar-refractivity contribution < 1.29 is 31.5 Å². The van der Waals surface area contributed by atoms with Crippen LogP contribution in [0, 0.1) is 35.0 Å². The number of hydrazone groups is 1. The fourth-order valence-electron chi connectivity index (χ4n) is 3.12. The van der Waals surface area contributed by atoms with E-state index in [2.05, 4.69) is 10.4 Å². The maximum absolute atomic E-state index is 13.8. The van der Waals surface area contributed by atoms with E-state index in [4.69, 9.17) is 0 Å². The van der Waals surface area contributed by atoms with E-state index in [0.717, 1.165) is 6.92 Å². The number of hydrogen-bond acceptors (Lipinski definition) is 3. The van der Waals surface area contributed by atoms with Crippen molar-refractivity contribution in [3.05, 3.63) is 70.5 Å². The molecular weight excluding hydrogens is 397 g/mol. The Morgan fingerprint density at radius 2 is 1.55 bits per heavy atom. The van der Waals surface area contributed by atoms with Crippen molar-refractivity contribution in [1.82, 2.24) is 10.7 Å². The molecule has 10 heteroatoms. The van der Waals surface area contributed by atoms with E-state index in [9.17, 15) is 31.5 Å². The summed E-state index contributed by atoms with van der Waals surface area (Å²) in [6, 6.07) is 8.70. The van der Waals surface area contributed by atoms with Gasteiger partial charge in [-0.3, -0.25) is 9.59 Å². The number of amides is 2. The van der Waals surface area contributed by atoms with E-state index in [1.807, 2.05) is 5.43 Å². The zero-order valence-electron chi connectivity index (χ0n) is 14.9. The van der Waals surface area contributed by atoms with Gasteiger partial charge in [0, 0.05) is 12.5 Å². The molecule has 2 unspecified atom stereocenters. The van der Waals surface area contributed by atoms with Crippen LogP contribution < -0.4 is 10.7 Å². The standard InChI is InChI=1S/C19H14F5N3O2/c1-8(11-13(20)15(22)17(24)16(23)14(11)21)26-27-19(29)12-10(7-25-18(12)28)9-5-3-2-4-6-9/h2-6,10,12H,7H2,1H3,(H,25,28)(H,27,29)/b26-8-. The lowest BCUT2D eigenvalue weighted by atomic mass is 9.88. The van der Waals surface area contributed by atoms with E-state index in [0.29, 0.717) is 5.56 Å². The molecule has 0 aliphatic carbocycles. The Labute approximate surface area is 161 Å². The first-order valence-corrected chi connectivity index (χ1v) is 8.42. The van der Waals surface area contributed by atoms with Crippen molar-refractivity contribution in [2.45, 2.75) is 12.8 Å². The molecule has 1 heterocycles. The van der Waals surface area contributed by atoms with Gasteiger partial charge in [0.2, 0.25) is 11.7 Å². The quantitative estimate of drug-likeness (QED) is 0.203. The molecule has 3 rings (SSSR count). The van der Waals surface area contributed by atoms with E-state index in [1.54, 1.807) is 30.3 Å². The number of rotatable bonds is 4. The van der Waals surface area contributed by atoms with Crippen LogP contribution in [-0.2, 0) is 9.59 Å². The van der Waals surface area contributed by atoms with Gasteiger partial charge < -0.3 is 5.32 Å². The summed E-state index contributed by atoms with van der Waals surface area (Å²) in [7, 11) is 0. The number of hydrogen-bond donors (Lipinski definition) is 2. The highest BCUT2D eigenvalue weighted by Crippen LogP contribution is 2.29. The van der Waals surface area contributed by atoms with Gasteiger partial charge in [-0.15, -0.1) is 0 Å². The summed E-state index contributed by atoms with van der Waals surface area (Å²) in [4.78, 5) is 24.5. The van der Waals surface area contributed by atoms with Crippen molar-refractivity contribution >= 4 is 17.5 Å². The molecule has 152 valence electrons. The first-order chi connectivity index (χ1) is 13.7. The first kappa shape index (κ1) is 20.4. The normalized spacial score (nSPS) is 19.2. The molecule has 0 bridgehead atoms. The molecule has 1 aliphatic rings. The van der Waals surface area contributed by atoms with Gasteiger partial charge in [0.25, 0.3) is 5.91 Å². The second kappa shape index (κ2) is 7.98. The molecule has 1 saturated heterocycles. The fourth-order valence-corrected chi connectivity index (χ4v) is 3.12. The highest BCUT2D eigenvalue weighted by Gasteiger charge is 2.41. The van der Waals surface area contributed by atoms with E-state index in [1.165, 1.54) is 0 Å². The zero-order chi connectivity index (χ0) is 21.3. The van der Waals surface area contributed by atoms with Crippen molar-refractivity contribution in [3.8, 4) is 0 Å². The minimum Gasteiger partial charge on any atom is -0.355 e. The molecule has 2 atom stereocenters. The molecule has 0 spiro atoms. The van der Waals surface area contributed by atoms with E-state index in [-0.39, 0.29) is 6.54 Å². The van der Waals surface area contributed by atoms with Crippen molar-refractivity contribution in [1.29, 1.82) is 0 Å². The number of nitrogens with one attached hydrogen (secondary N) is 2. The average molecular weight is 411 g/mol. The molecule has 1 fully saturated rings. The zero-order valence-corrected chi connectivity index (χ0v) is 14.9. The summed E-state index contributed by atoms with van der Waals surface area (Å²) in [6.07, 6.45) is 0. The van der Waals surface area contributed by atoms with Crippen molar-refractivity contribution in [2.75, 3.05) is 6.54 Å². The van der Waals surface area contributed by atoms with Crippen LogP contribution >= 0.6 is 0 Å². The molecule has 0 aromatic heterocycles. The molecule has 2 aromatic carbocycles. The fraction of sp³-hybridized carbons (Fsp3) is 0.211. The molecule has 29 heavy (non-hydrogen) atoms. The van der Waals surface area contributed by atoms with Gasteiger partial charge in [0.05, 0.1) is 11.3 Å². The van der Waals surface area contributed by atoms with Crippen molar-refractivity contribution in [3.63, 3.8) is 0 Å². The van der Waals surface area contributed by atoms with E-state index < -0.39 is 64.0 Å². The predicted octanol–water partition coefficient (Wildman–Crippen LogP) is 2.75. The second-order valence-corrected chi connectivity index (χ2v) is 6.36. The lowest BCUT2D eigenvalue weighted by molar-refractivity contribution is -0.133. The number of halogens is 5. The van der Waals surface area contributed by atoms with Gasteiger partial charge >= 0.3 is 0 Å². The third-order valence-corrected chi connectivity index (χ3v) is 4.60. The Morgan fingerprint density at radius 1 is 1.00 bits per heavy atom. The van der Waals surface area contributed by atoms with Crippen LogP contribution in [0.5, 0.6) is 0 Å². The smallest absolute Gasteiger partial charge is 0.253 e. The van der Waals surface area contributed by atoms with Crippen LogP contribution in [0.15, 0.2) is 35.4 Å². The molecule has 2 N–H and O–H groups in total. The number of nitrogens with zero attached hydrogens (tertiary/aromatic N) is 1. The largest absolute Gasteiger partial charge is 0.355 e. The second-order valence-electron chi connectivity index (χ2n) is 6.36. The van der Waals surface area contributed by atoms with Crippen LogP contribution in [-0.4, -0.2) is 24.1 Å². The van der Waals surface area contributed by atoms with Gasteiger partial charge in [-0.2, -0.15) is 5.10 Å². The van der Waals surface area contributed by atoms with Gasteiger partial charge in [-0.25, -0.2) is 27.4 Å². The Kier molecular flexibility index (Phi) is 5.62. The predicted molar refractivity (Wildman–Crippen MR) is 92.3 cm³/mol. The lowest BCUT2D eigenvalue weighted by Gasteiger charge is -2.16. The topological polar surface area (TPSA) is 70.6 Å². The number of carbonyl (C=O) groups excluding carboxylic acids is 2. The van der Waals surface area contributed by atoms with E-state index >= 15 is 0 Å². The SMILES string of the molecule is C/C(=N/NC(=O)C1C(=O)NCC1c1ccccc1)c1c(F)c(F)c(F)c(F)c1F. The monoisotopic (exact) mass is 411 g/mol. The summed E-state index contributed by atoms with van der Waals surface area (Å²) in [6.45, 7) is 1.16. The van der Waals surface area contributed by atoms with Crippen molar-refractivity contribution in [2.24, 2.45) is 11.0 Å². The lowest BCUT2D eigenvalue weighted by Crippen LogP contribution is -2.35. The summed E-state index contributed by atoms with van der Waals surface area (Å²) >= 11 is 0. The number of benzene rings is 2. The molecule has 0 saturated carbocycles. The molecular formula is C19H14F5N3O2. The van der Waals surface area contributed by atoms with Gasteiger partial charge in [0.1, 0.15) is 5.92 Å². The maximum Gasteiger partial charge on any atom is 0.253 e. The molecule has 0 radical (unpaired) electrons. The Morgan fingerprint density at radius 3 is 2.14 bits per heavy atom. The maximum atomic E-state index is 13.8. The summed E-state index contributed by atoms with van der Waals surface area (Å²) in [5, 5.41) is 5.99. The van der Waals surface area contributed by atoms with Gasteiger partial charge in [-0.1, -0.05) is 30.3 Å². The highest BCUT2D eigenvalue weighted by molar-refractivity contribution is 6.04. The van der Waals surface area contributed by atoms with Crippen LogP contribution in [0.3, 0.4) is 0 Å². The average Bonchev–Trinajstić information content (AvgIpc) is 3.11. The molecule has 2 amide bonds. The third-order valence-electron chi connectivity index (χ3n) is 4.60. The number of carbonyl (C=O) groups is 2. The first-order valence-electron chi connectivity index (χ1n) is 8.42.